The van der Waals surface area contributed by atoms with Crippen molar-refractivity contribution >= 4 is 17.7 Å². The molecule has 0 saturated heterocycles. The molecule has 0 radical (unpaired) electrons. The van der Waals surface area contributed by atoms with Crippen LogP contribution in [0.1, 0.15) is 5.56 Å². The summed E-state index contributed by atoms with van der Waals surface area (Å²) < 4.78 is 15.4. The van der Waals surface area contributed by atoms with Crippen LogP contribution in [0, 0.1) is 0 Å². The van der Waals surface area contributed by atoms with Crippen molar-refractivity contribution in [3.8, 4) is 17.4 Å². The van der Waals surface area contributed by atoms with Crippen molar-refractivity contribution in [1.29, 1.82) is 0 Å². The van der Waals surface area contributed by atoms with Crippen molar-refractivity contribution in [3.05, 3.63) is 48.2 Å². The molecule has 0 atom stereocenters. The number of carbonyl (C=O) groups excluding carboxylic acids is 1. The zero-order valence-electron chi connectivity index (χ0n) is 13.2. The standard InChI is InChI=1S/C17H18N2O4/c1-21-14-6-7-15(22-2)12(10-14)4-8-16(20)19-13-5-9-17(23-3)18-11-13/h4-11H,1-3H3,(H,19,20)/b8-4+. The van der Waals surface area contributed by atoms with E-state index in [9.17, 15) is 4.79 Å². The number of anilines is 1. The first kappa shape index (κ1) is 16.4. The van der Waals surface area contributed by atoms with Crippen LogP contribution in [0.25, 0.3) is 6.08 Å². The van der Waals surface area contributed by atoms with Crippen molar-refractivity contribution in [2.45, 2.75) is 0 Å². The molecule has 2 aromatic rings. The highest BCUT2D eigenvalue weighted by Crippen LogP contribution is 2.25. The Morgan fingerprint density at radius 2 is 1.91 bits per heavy atom. The maximum atomic E-state index is 12.0. The number of nitrogens with zero attached hydrogens (tertiary/aromatic N) is 1. The van der Waals surface area contributed by atoms with Crippen molar-refractivity contribution in [2.24, 2.45) is 0 Å². The molecule has 0 aliphatic rings. The van der Waals surface area contributed by atoms with Crippen LogP contribution in [0.2, 0.25) is 0 Å². The molecule has 2 rings (SSSR count). The summed E-state index contributed by atoms with van der Waals surface area (Å²) in [4.78, 5) is 16.0. The molecule has 6 heteroatoms. The molecule has 1 amide bonds. The second-order valence-corrected chi connectivity index (χ2v) is 4.52. The lowest BCUT2D eigenvalue weighted by atomic mass is 10.1. The van der Waals surface area contributed by atoms with Gasteiger partial charge in [-0.1, -0.05) is 0 Å². The van der Waals surface area contributed by atoms with Gasteiger partial charge < -0.3 is 19.5 Å². The van der Waals surface area contributed by atoms with Crippen molar-refractivity contribution < 1.29 is 19.0 Å². The molecule has 0 bridgehead atoms. The minimum Gasteiger partial charge on any atom is -0.497 e. The quantitative estimate of drug-likeness (QED) is 0.830. The Hall–Kier alpha value is -3.02. The normalized spacial score (nSPS) is 10.4. The highest BCUT2D eigenvalue weighted by atomic mass is 16.5. The van der Waals surface area contributed by atoms with Crippen LogP contribution in [-0.4, -0.2) is 32.2 Å². The summed E-state index contributed by atoms with van der Waals surface area (Å²) in [6.07, 6.45) is 4.60. The molecule has 1 heterocycles. The zero-order valence-corrected chi connectivity index (χ0v) is 13.2. The molecule has 1 aromatic heterocycles. The van der Waals surface area contributed by atoms with Gasteiger partial charge >= 0.3 is 0 Å². The van der Waals surface area contributed by atoms with Gasteiger partial charge in [0.1, 0.15) is 11.5 Å². The predicted octanol–water partition coefficient (Wildman–Crippen LogP) is 2.76. The molecular weight excluding hydrogens is 296 g/mol. The first-order valence-corrected chi connectivity index (χ1v) is 6.87. The molecule has 0 unspecified atom stereocenters. The van der Waals surface area contributed by atoms with Crippen LogP contribution >= 0.6 is 0 Å². The van der Waals surface area contributed by atoms with Gasteiger partial charge in [-0.15, -0.1) is 0 Å². The number of methoxy groups -OCH3 is 3. The van der Waals surface area contributed by atoms with E-state index in [0.29, 0.717) is 23.1 Å². The molecule has 0 spiro atoms. The lowest BCUT2D eigenvalue weighted by Crippen LogP contribution is -2.08. The Bertz CT molecular complexity index is 696. The molecule has 0 aliphatic carbocycles. The Balaban J connectivity index is 2.08. The van der Waals surface area contributed by atoms with E-state index in [0.717, 1.165) is 5.56 Å². The van der Waals surface area contributed by atoms with Crippen LogP contribution in [0.15, 0.2) is 42.6 Å². The summed E-state index contributed by atoms with van der Waals surface area (Å²) in [5.41, 5.74) is 1.33. The van der Waals surface area contributed by atoms with E-state index in [-0.39, 0.29) is 5.91 Å². The fourth-order valence-electron chi connectivity index (χ4n) is 1.89. The number of carbonyl (C=O) groups is 1. The summed E-state index contributed by atoms with van der Waals surface area (Å²) in [5.74, 6) is 1.55. The monoisotopic (exact) mass is 314 g/mol. The summed E-state index contributed by atoms with van der Waals surface area (Å²) in [6, 6.07) is 8.74. The molecular formula is C17H18N2O4. The number of amides is 1. The molecule has 1 aromatic carbocycles. The van der Waals surface area contributed by atoms with Gasteiger partial charge in [-0.05, 0) is 30.3 Å². The molecule has 23 heavy (non-hydrogen) atoms. The molecule has 0 fully saturated rings. The lowest BCUT2D eigenvalue weighted by Gasteiger charge is -2.07. The third kappa shape index (κ3) is 4.47. The number of aromatic nitrogens is 1. The predicted molar refractivity (Wildman–Crippen MR) is 88.0 cm³/mol. The maximum Gasteiger partial charge on any atom is 0.248 e. The van der Waals surface area contributed by atoms with E-state index in [4.69, 9.17) is 14.2 Å². The highest BCUT2D eigenvalue weighted by Gasteiger charge is 2.04. The van der Waals surface area contributed by atoms with E-state index in [1.54, 1.807) is 50.6 Å². The van der Waals surface area contributed by atoms with Gasteiger partial charge in [0.05, 0.1) is 33.2 Å². The summed E-state index contributed by atoms with van der Waals surface area (Å²) in [6.45, 7) is 0. The van der Waals surface area contributed by atoms with Crippen molar-refractivity contribution in [1.82, 2.24) is 4.98 Å². The third-order valence-electron chi connectivity index (χ3n) is 3.06. The smallest absolute Gasteiger partial charge is 0.248 e. The number of hydrogen-bond acceptors (Lipinski definition) is 5. The lowest BCUT2D eigenvalue weighted by molar-refractivity contribution is -0.111. The first-order valence-electron chi connectivity index (χ1n) is 6.87. The molecule has 6 nitrogen and oxygen atoms in total. The van der Waals surface area contributed by atoms with E-state index in [1.807, 2.05) is 0 Å². The van der Waals surface area contributed by atoms with Gasteiger partial charge in [0.2, 0.25) is 11.8 Å². The Morgan fingerprint density at radius 3 is 2.52 bits per heavy atom. The number of nitrogens with one attached hydrogen (secondary N) is 1. The van der Waals surface area contributed by atoms with Crippen molar-refractivity contribution in [3.63, 3.8) is 0 Å². The largest absolute Gasteiger partial charge is 0.497 e. The maximum absolute atomic E-state index is 12.0. The van der Waals surface area contributed by atoms with Gasteiger partial charge in [-0.2, -0.15) is 0 Å². The Kier molecular flexibility index (Phi) is 5.57. The van der Waals surface area contributed by atoms with Gasteiger partial charge in [0.25, 0.3) is 0 Å². The van der Waals surface area contributed by atoms with E-state index in [2.05, 4.69) is 10.3 Å². The van der Waals surface area contributed by atoms with Crippen molar-refractivity contribution in [2.75, 3.05) is 26.6 Å². The Morgan fingerprint density at radius 1 is 1.09 bits per heavy atom. The highest BCUT2D eigenvalue weighted by molar-refractivity contribution is 6.02. The first-order chi connectivity index (χ1) is 11.2. The SMILES string of the molecule is COc1ccc(OC)c(/C=C/C(=O)Nc2ccc(OC)nc2)c1. The van der Waals surface area contributed by atoms with Gasteiger partial charge in [-0.3, -0.25) is 4.79 Å². The van der Waals surface area contributed by atoms with Crippen LogP contribution in [-0.2, 0) is 4.79 Å². The van der Waals surface area contributed by atoms with Gasteiger partial charge in [-0.25, -0.2) is 4.98 Å². The molecule has 0 saturated carbocycles. The van der Waals surface area contributed by atoms with Crippen LogP contribution < -0.4 is 19.5 Å². The van der Waals surface area contributed by atoms with Crippen LogP contribution in [0.3, 0.4) is 0 Å². The molecule has 120 valence electrons. The Labute approximate surface area is 134 Å². The number of pyridine rings is 1. The molecule has 0 aliphatic heterocycles. The fourth-order valence-corrected chi connectivity index (χ4v) is 1.89. The minimum absolute atomic E-state index is 0.276. The summed E-state index contributed by atoms with van der Waals surface area (Å²) >= 11 is 0. The summed E-state index contributed by atoms with van der Waals surface area (Å²) in [5, 5.41) is 2.71. The van der Waals surface area contributed by atoms with Gasteiger partial charge in [0.15, 0.2) is 0 Å². The summed E-state index contributed by atoms with van der Waals surface area (Å²) in [7, 11) is 4.69. The number of hydrogen-bond donors (Lipinski definition) is 1. The van der Waals surface area contributed by atoms with E-state index >= 15 is 0 Å². The minimum atomic E-state index is -0.276. The van der Waals surface area contributed by atoms with Crippen LogP contribution in [0.4, 0.5) is 5.69 Å². The van der Waals surface area contributed by atoms with Gasteiger partial charge in [0, 0.05) is 17.7 Å². The zero-order chi connectivity index (χ0) is 16.7. The topological polar surface area (TPSA) is 69.7 Å². The van der Waals surface area contributed by atoms with E-state index in [1.165, 1.54) is 19.4 Å². The third-order valence-corrected chi connectivity index (χ3v) is 3.06. The number of ether oxygens (including phenoxy) is 3. The van der Waals surface area contributed by atoms with E-state index < -0.39 is 0 Å². The average molecular weight is 314 g/mol. The molecule has 1 N–H and O–H groups in total. The number of benzene rings is 1. The second kappa shape index (κ2) is 7.84. The van der Waals surface area contributed by atoms with Crippen LogP contribution in [0.5, 0.6) is 17.4 Å². The second-order valence-electron chi connectivity index (χ2n) is 4.52. The number of rotatable bonds is 6. The fraction of sp³-hybridized carbons (Fsp3) is 0.176. The average Bonchev–Trinajstić information content (AvgIpc) is 2.60.